The van der Waals surface area contributed by atoms with Crippen molar-refractivity contribution in [3.8, 4) is 0 Å². The van der Waals surface area contributed by atoms with Crippen LogP contribution in [0.1, 0.15) is 17.5 Å². The highest BCUT2D eigenvalue weighted by Gasteiger charge is 2.39. The Morgan fingerprint density at radius 3 is 1.89 bits per heavy atom. The lowest BCUT2D eigenvalue weighted by Gasteiger charge is -2.28. The van der Waals surface area contributed by atoms with Gasteiger partial charge in [0.15, 0.2) is 0 Å². The average molecular weight is 570 g/mol. The van der Waals surface area contributed by atoms with Crippen molar-refractivity contribution in [2.75, 3.05) is 13.1 Å². The number of likely N-dealkylation sites (tertiary alicyclic amines) is 1. The molecular weight excluding hydrogens is 546 g/mol. The van der Waals surface area contributed by atoms with Crippen LogP contribution in [0.5, 0.6) is 0 Å². The van der Waals surface area contributed by atoms with E-state index in [1.165, 1.54) is 53.4 Å². The van der Waals surface area contributed by atoms with E-state index in [1.54, 1.807) is 0 Å². The number of ether oxygens (including phenoxy) is 2. The molecule has 38 heavy (non-hydrogen) atoms. The molecule has 0 aliphatic carbocycles. The standard InChI is InChI=1S/C21H23N5O10S2/c22-38(33,34)24(21(28)36-13-15-3-7-17(8-4-15)26(31)32)10-18-9-19(37)11-23(18)20(27)35-12-14-1-5-16(6-2-14)25(29)30/h1-8,18-19,37H,9-13H2,(H2,22,33,34). The van der Waals surface area contributed by atoms with E-state index in [9.17, 15) is 38.2 Å². The third-order valence-electron chi connectivity index (χ3n) is 5.53. The van der Waals surface area contributed by atoms with Crippen LogP contribution in [0.3, 0.4) is 0 Å². The van der Waals surface area contributed by atoms with Gasteiger partial charge in [-0.15, -0.1) is 0 Å². The molecule has 0 aromatic heterocycles. The number of non-ortho nitro benzene ring substituents is 2. The minimum absolute atomic E-state index is 0.100. The van der Waals surface area contributed by atoms with E-state index in [1.807, 2.05) is 0 Å². The Balaban J connectivity index is 1.64. The summed E-state index contributed by atoms with van der Waals surface area (Å²) in [4.78, 5) is 46.9. The number of nitro benzene ring substituents is 2. The van der Waals surface area contributed by atoms with Crippen LogP contribution in [-0.2, 0) is 32.9 Å². The van der Waals surface area contributed by atoms with Crippen molar-refractivity contribution in [3.63, 3.8) is 0 Å². The molecule has 2 aromatic carbocycles. The van der Waals surface area contributed by atoms with Crippen LogP contribution < -0.4 is 5.14 Å². The van der Waals surface area contributed by atoms with E-state index >= 15 is 0 Å². The fourth-order valence-corrected chi connectivity index (χ4v) is 4.69. The molecule has 204 valence electrons. The number of benzene rings is 2. The monoisotopic (exact) mass is 569 g/mol. The minimum Gasteiger partial charge on any atom is -0.445 e. The number of rotatable bonds is 9. The van der Waals surface area contributed by atoms with E-state index in [0.717, 1.165) is 0 Å². The molecule has 2 atom stereocenters. The second-order valence-electron chi connectivity index (χ2n) is 8.23. The van der Waals surface area contributed by atoms with Crippen molar-refractivity contribution >= 4 is 46.4 Å². The molecule has 1 heterocycles. The summed E-state index contributed by atoms with van der Waals surface area (Å²) in [7, 11) is -4.60. The summed E-state index contributed by atoms with van der Waals surface area (Å²) < 4.78 is 34.9. The van der Waals surface area contributed by atoms with E-state index < -0.39 is 44.8 Å². The molecule has 2 N–H and O–H groups in total. The van der Waals surface area contributed by atoms with Crippen molar-refractivity contribution in [1.29, 1.82) is 0 Å². The number of nitro groups is 2. The van der Waals surface area contributed by atoms with Gasteiger partial charge in [0.1, 0.15) is 13.2 Å². The van der Waals surface area contributed by atoms with E-state index in [-0.39, 0.29) is 47.1 Å². The molecule has 0 saturated carbocycles. The molecule has 1 fully saturated rings. The van der Waals surface area contributed by atoms with Gasteiger partial charge in [0.25, 0.3) is 11.4 Å². The third kappa shape index (κ3) is 7.53. The van der Waals surface area contributed by atoms with Crippen LogP contribution in [0.2, 0.25) is 0 Å². The molecule has 1 aliphatic heterocycles. The molecule has 0 radical (unpaired) electrons. The third-order valence-corrected chi connectivity index (χ3v) is 6.82. The van der Waals surface area contributed by atoms with Gasteiger partial charge in [0, 0.05) is 36.1 Å². The molecule has 15 nitrogen and oxygen atoms in total. The van der Waals surface area contributed by atoms with Crippen molar-refractivity contribution < 1.29 is 37.3 Å². The van der Waals surface area contributed by atoms with Gasteiger partial charge in [-0.1, -0.05) is 0 Å². The Morgan fingerprint density at radius 1 is 0.974 bits per heavy atom. The highest BCUT2D eigenvalue weighted by Crippen LogP contribution is 2.25. The number of amides is 2. The summed E-state index contributed by atoms with van der Waals surface area (Å²) in [6, 6.07) is 9.65. The van der Waals surface area contributed by atoms with Crippen LogP contribution in [-0.4, -0.2) is 64.0 Å². The van der Waals surface area contributed by atoms with Gasteiger partial charge >= 0.3 is 22.4 Å². The zero-order valence-electron chi connectivity index (χ0n) is 19.6. The molecular formula is C21H23N5O10S2. The van der Waals surface area contributed by atoms with Crippen LogP contribution in [0.25, 0.3) is 0 Å². The summed E-state index contributed by atoms with van der Waals surface area (Å²) in [6.45, 7) is -1.01. The summed E-state index contributed by atoms with van der Waals surface area (Å²) in [5.41, 5.74) is 0.560. The van der Waals surface area contributed by atoms with E-state index in [4.69, 9.17) is 14.6 Å². The predicted octanol–water partition coefficient (Wildman–Crippen LogP) is 2.35. The summed E-state index contributed by atoms with van der Waals surface area (Å²) in [5, 5.41) is 26.4. The highest BCUT2D eigenvalue weighted by molar-refractivity contribution is 7.87. The first-order valence-corrected chi connectivity index (χ1v) is 12.9. The molecule has 1 saturated heterocycles. The number of carbonyl (C=O) groups is 2. The summed E-state index contributed by atoms with van der Waals surface area (Å²) in [5.74, 6) is 0. The smallest absolute Gasteiger partial charge is 0.424 e. The summed E-state index contributed by atoms with van der Waals surface area (Å²) in [6.07, 6.45) is -1.89. The molecule has 0 bridgehead atoms. The lowest BCUT2D eigenvalue weighted by Crippen LogP contribution is -2.49. The van der Waals surface area contributed by atoms with Crippen LogP contribution >= 0.6 is 12.6 Å². The number of hydrogen-bond donors (Lipinski definition) is 2. The molecule has 2 unspecified atom stereocenters. The molecule has 3 rings (SSSR count). The molecule has 1 aliphatic rings. The van der Waals surface area contributed by atoms with Gasteiger partial charge in [0.05, 0.1) is 22.4 Å². The van der Waals surface area contributed by atoms with Gasteiger partial charge in [-0.05, 0) is 41.8 Å². The van der Waals surface area contributed by atoms with Crippen molar-refractivity contribution in [2.24, 2.45) is 5.14 Å². The Bertz CT molecular complexity index is 1300. The average Bonchev–Trinajstić information content (AvgIpc) is 3.24. The lowest BCUT2D eigenvalue weighted by atomic mass is 10.2. The largest absolute Gasteiger partial charge is 0.445 e. The first-order valence-electron chi connectivity index (χ1n) is 10.9. The fraction of sp³-hybridized carbons (Fsp3) is 0.333. The fourth-order valence-electron chi connectivity index (χ4n) is 3.64. The highest BCUT2D eigenvalue weighted by atomic mass is 32.2. The lowest BCUT2D eigenvalue weighted by molar-refractivity contribution is -0.385. The Kier molecular flexibility index (Phi) is 9.08. The maximum Gasteiger partial charge on any atom is 0.424 e. The van der Waals surface area contributed by atoms with Crippen LogP contribution in [0, 0.1) is 20.2 Å². The second kappa shape index (κ2) is 12.1. The molecule has 2 amide bonds. The first-order chi connectivity index (χ1) is 17.8. The number of nitrogens with two attached hydrogens (primary N) is 1. The molecule has 17 heteroatoms. The molecule has 0 spiro atoms. The minimum atomic E-state index is -4.60. The SMILES string of the molecule is NS(=O)(=O)N(CC1CC(S)CN1C(=O)OCc1ccc([N+](=O)[O-])cc1)C(=O)OCc1ccc([N+](=O)[O-])cc1. The van der Waals surface area contributed by atoms with E-state index in [2.05, 4.69) is 12.6 Å². The maximum atomic E-state index is 12.7. The first kappa shape index (κ1) is 28.6. The Morgan fingerprint density at radius 2 is 1.45 bits per heavy atom. The van der Waals surface area contributed by atoms with Gasteiger partial charge < -0.3 is 14.4 Å². The second-order valence-corrected chi connectivity index (χ2v) is 10.4. The quantitative estimate of drug-likeness (QED) is 0.256. The number of hydrogen-bond acceptors (Lipinski definition) is 11. The summed E-state index contributed by atoms with van der Waals surface area (Å²) >= 11 is 4.36. The van der Waals surface area contributed by atoms with Crippen molar-refractivity contribution in [3.05, 3.63) is 79.9 Å². The number of thiol groups is 1. The van der Waals surface area contributed by atoms with E-state index in [0.29, 0.717) is 11.1 Å². The Labute approximate surface area is 222 Å². The number of carbonyl (C=O) groups excluding carboxylic acids is 2. The zero-order valence-corrected chi connectivity index (χ0v) is 21.3. The Hall–Kier alpha value is -3.96. The van der Waals surface area contributed by atoms with Gasteiger partial charge in [-0.25, -0.2) is 14.7 Å². The van der Waals surface area contributed by atoms with Crippen LogP contribution in [0.4, 0.5) is 21.0 Å². The number of nitrogens with zero attached hydrogens (tertiary/aromatic N) is 4. The van der Waals surface area contributed by atoms with Gasteiger partial charge in [-0.3, -0.25) is 20.2 Å². The normalized spacial score (nSPS) is 17.1. The van der Waals surface area contributed by atoms with Gasteiger partial charge in [-0.2, -0.15) is 25.4 Å². The topological polar surface area (TPSA) is 206 Å². The van der Waals surface area contributed by atoms with Crippen molar-refractivity contribution in [1.82, 2.24) is 9.21 Å². The predicted molar refractivity (Wildman–Crippen MR) is 134 cm³/mol. The van der Waals surface area contributed by atoms with Crippen molar-refractivity contribution in [2.45, 2.75) is 30.9 Å². The zero-order chi connectivity index (χ0) is 28.0. The van der Waals surface area contributed by atoms with Gasteiger partial charge in [0.2, 0.25) is 0 Å². The molecule has 2 aromatic rings. The van der Waals surface area contributed by atoms with Crippen LogP contribution in [0.15, 0.2) is 48.5 Å². The maximum absolute atomic E-state index is 12.7.